The molecular formula is C24H20FN5O4. The van der Waals surface area contributed by atoms with Crippen LogP contribution in [0.1, 0.15) is 40.1 Å². The molecular weight excluding hydrogens is 441 g/mol. The Morgan fingerprint density at radius 3 is 2.50 bits per heavy atom. The Labute approximate surface area is 192 Å². The normalized spacial score (nSPS) is 13.6. The first-order valence-electron chi connectivity index (χ1n) is 10.5. The highest BCUT2D eigenvalue weighted by molar-refractivity contribution is 5.92. The average molecular weight is 461 g/mol. The van der Waals surface area contributed by atoms with Gasteiger partial charge in [0.2, 0.25) is 5.95 Å². The van der Waals surface area contributed by atoms with Crippen LogP contribution in [0.4, 0.5) is 15.9 Å². The van der Waals surface area contributed by atoms with Gasteiger partial charge in [0.05, 0.1) is 17.9 Å². The van der Waals surface area contributed by atoms with Crippen molar-refractivity contribution in [3.8, 4) is 5.75 Å². The molecule has 1 aliphatic rings. The molecule has 1 aliphatic heterocycles. The van der Waals surface area contributed by atoms with Crippen molar-refractivity contribution >= 4 is 23.1 Å². The highest BCUT2D eigenvalue weighted by atomic mass is 19.1. The molecule has 0 spiro atoms. The van der Waals surface area contributed by atoms with Crippen LogP contribution in [0.15, 0.2) is 59.5 Å². The second kappa shape index (κ2) is 8.14. The second-order valence-electron chi connectivity index (χ2n) is 8.13. The molecule has 0 aliphatic carbocycles. The van der Waals surface area contributed by atoms with Gasteiger partial charge in [0.1, 0.15) is 17.2 Å². The molecule has 5 rings (SSSR count). The number of aromatic carboxylic acids is 1. The minimum atomic E-state index is -1.39. The van der Waals surface area contributed by atoms with E-state index in [2.05, 4.69) is 10.3 Å². The van der Waals surface area contributed by atoms with Crippen molar-refractivity contribution in [2.45, 2.75) is 26.1 Å². The van der Waals surface area contributed by atoms with Gasteiger partial charge in [-0.3, -0.25) is 9.20 Å². The first-order chi connectivity index (χ1) is 16.3. The van der Waals surface area contributed by atoms with E-state index in [1.807, 2.05) is 29.2 Å². The number of anilines is 2. The van der Waals surface area contributed by atoms with E-state index in [0.717, 1.165) is 17.2 Å². The summed E-state index contributed by atoms with van der Waals surface area (Å²) in [5, 5.41) is 22.6. The Morgan fingerprint density at radius 2 is 1.82 bits per heavy atom. The molecule has 3 aromatic heterocycles. The van der Waals surface area contributed by atoms with E-state index in [1.54, 1.807) is 6.92 Å². The molecule has 9 nitrogen and oxygen atoms in total. The SMILES string of the molecule is CC(Nc1ccc(F)nc1C(=O)O)c1cc(O)cn2c(=O)cc(N3Cc4ccccc4C3)nc12. The Morgan fingerprint density at radius 1 is 1.12 bits per heavy atom. The Kier molecular flexibility index (Phi) is 5.12. The van der Waals surface area contributed by atoms with Crippen LogP contribution in [-0.2, 0) is 13.1 Å². The van der Waals surface area contributed by atoms with Gasteiger partial charge < -0.3 is 20.4 Å². The standard InChI is InChI=1S/C24H20FN5O4/c1-13(26-18-6-7-19(25)27-22(18)24(33)34)17-8-16(31)12-30-21(32)9-20(28-23(17)30)29-10-14-4-2-3-5-15(14)11-29/h2-9,12-13,26,31H,10-11H2,1H3,(H,33,34). The maximum Gasteiger partial charge on any atom is 0.356 e. The summed E-state index contributed by atoms with van der Waals surface area (Å²) in [6.45, 7) is 2.95. The van der Waals surface area contributed by atoms with E-state index >= 15 is 0 Å². The number of aromatic nitrogens is 3. The number of halogens is 1. The molecule has 3 N–H and O–H groups in total. The molecule has 0 fully saturated rings. The Bertz CT molecular complexity index is 1480. The predicted molar refractivity (Wildman–Crippen MR) is 123 cm³/mol. The zero-order valence-electron chi connectivity index (χ0n) is 18.1. The van der Waals surface area contributed by atoms with Gasteiger partial charge in [-0.2, -0.15) is 4.39 Å². The van der Waals surface area contributed by atoms with Crippen molar-refractivity contribution in [3.63, 3.8) is 0 Å². The number of rotatable bonds is 5. The Balaban J connectivity index is 1.56. The zero-order chi connectivity index (χ0) is 24.0. The molecule has 1 atom stereocenters. The van der Waals surface area contributed by atoms with Gasteiger partial charge in [-0.15, -0.1) is 0 Å². The summed E-state index contributed by atoms with van der Waals surface area (Å²) in [5.41, 5.74) is 2.34. The number of aromatic hydroxyl groups is 1. The molecule has 0 radical (unpaired) electrons. The number of pyridine rings is 2. The molecule has 1 aromatic carbocycles. The lowest BCUT2D eigenvalue weighted by Gasteiger charge is -2.21. The number of hydrogen-bond acceptors (Lipinski definition) is 7. The number of nitrogens with one attached hydrogen (secondary N) is 1. The van der Waals surface area contributed by atoms with Gasteiger partial charge in [-0.05, 0) is 36.2 Å². The smallest absolute Gasteiger partial charge is 0.356 e. The van der Waals surface area contributed by atoms with Gasteiger partial charge in [-0.25, -0.2) is 14.8 Å². The van der Waals surface area contributed by atoms with Crippen LogP contribution in [0.3, 0.4) is 0 Å². The third-order valence-electron chi connectivity index (χ3n) is 5.83. The second-order valence-corrected chi connectivity index (χ2v) is 8.13. The van der Waals surface area contributed by atoms with E-state index in [0.29, 0.717) is 30.1 Å². The van der Waals surface area contributed by atoms with Crippen molar-refractivity contribution in [1.82, 2.24) is 14.4 Å². The number of carbonyl (C=O) groups is 1. The van der Waals surface area contributed by atoms with Crippen LogP contribution in [0.25, 0.3) is 5.65 Å². The minimum absolute atomic E-state index is 0.0939. The molecule has 1 unspecified atom stereocenters. The largest absolute Gasteiger partial charge is 0.506 e. The summed E-state index contributed by atoms with van der Waals surface area (Å²) < 4.78 is 14.7. The fourth-order valence-electron chi connectivity index (χ4n) is 4.20. The summed E-state index contributed by atoms with van der Waals surface area (Å²) in [7, 11) is 0. The molecule has 4 heterocycles. The molecule has 0 bridgehead atoms. The number of benzene rings is 1. The number of fused-ring (bicyclic) bond motifs is 2. The van der Waals surface area contributed by atoms with E-state index in [4.69, 9.17) is 4.98 Å². The predicted octanol–water partition coefficient (Wildman–Crippen LogP) is 3.33. The lowest BCUT2D eigenvalue weighted by molar-refractivity contribution is 0.0690. The molecule has 4 aromatic rings. The molecule has 10 heteroatoms. The van der Waals surface area contributed by atoms with E-state index in [9.17, 15) is 24.2 Å². The first kappa shape index (κ1) is 21.4. The molecule has 172 valence electrons. The molecule has 0 amide bonds. The Hall–Kier alpha value is -4.47. The maximum atomic E-state index is 13.5. The van der Waals surface area contributed by atoms with Crippen LogP contribution in [0, 0.1) is 5.95 Å². The molecule has 0 saturated carbocycles. The zero-order valence-corrected chi connectivity index (χ0v) is 18.1. The van der Waals surface area contributed by atoms with Gasteiger partial charge in [0.25, 0.3) is 5.56 Å². The summed E-state index contributed by atoms with van der Waals surface area (Å²) >= 11 is 0. The van der Waals surface area contributed by atoms with E-state index in [-0.39, 0.29) is 17.0 Å². The highest BCUT2D eigenvalue weighted by Crippen LogP contribution is 2.30. The van der Waals surface area contributed by atoms with Crippen LogP contribution in [-0.4, -0.2) is 30.6 Å². The summed E-state index contributed by atoms with van der Waals surface area (Å²) in [6, 6.07) is 12.6. The first-order valence-corrected chi connectivity index (χ1v) is 10.5. The van der Waals surface area contributed by atoms with Crippen molar-refractivity contribution < 1.29 is 19.4 Å². The fourth-order valence-corrected chi connectivity index (χ4v) is 4.20. The number of carboxylic acids is 1. The number of carboxylic acid groups (broad SMARTS) is 1. The summed E-state index contributed by atoms with van der Waals surface area (Å²) in [4.78, 5) is 34.6. The monoisotopic (exact) mass is 461 g/mol. The third kappa shape index (κ3) is 3.79. The van der Waals surface area contributed by atoms with Crippen molar-refractivity contribution in [1.29, 1.82) is 0 Å². The quantitative estimate of drug-likeness (QED) is 0.387. The summed E-state index contributed by atoms with van der Waals surface area (Å²) in [6.07, 6.45) is 1.28. The lowest BCUT2D eigenvalue weighted by atomic mass is 10.1. The maximum absolute atomic E-state index is 13.5. The van der Waals surface area contributed by atoms with E-state index in [1.165, 1.54) is 28.8 Å². The van der Waals surface area contributed by atoms with Crippen LogP contribution in [0.2, 0.25) is 0 Å². The van der Waals surface area contributed by atoms with Crippen molar-refractivity contribution in [3.05, 3.63) is 93.4 Å². The van der Waals surface area contributed by atoms with Crippen LogP contribution >= 0.6 is 0 Å². The van der Waals surface area contributed by atoms with Crippen LogP contribution in [0.5, 0.6) is 5.75 Å². The minimum Gasteiger partial charge on any atom is -0.506 e. The number of hydrogen-bond donors (Lipinski definition) is 3. The average Bonchev–Trinajstić information content (AvgIpc) is 3.24. The topological polar surface area (TPSA) is 120 Å². The highest BCUT2D eigenvalue weighted by Gasteiger charge is 2.23. The van der Waals surface area contributed by atoms with E-state index < -0.39 is 23.7 Å². The van der Waals surface area contributed by atoms with Crippen molar-refractivity contribution in [2.75, 3.05) is 10.2 Å². The molecule has 0 saturated heterocycles. The summed E-state index contributed by atoms with van der Waals surface area (Å²) in [5.74, 6) is -1.96. The van der Waals surface area contributed by atoms with Crippen molar-refractivity contribution in [2.24, 2.45) is 0 Å². The fraction of sp³-hybridized carbons (Fsp3) is 0.167. The van der Waals surface area contributed by atoms with Gasteiger partial charge in [0.15, 0.2) is 5.69 Å². The van der Waals surface area contributed by atoms with Gasteiger partial charge >= 0.3 is 5.97 Å². The van der Waals surface area contributed by atoms with Gasteiger partial charge in [0, 0.05) is 24.7 Å². The third-order valence-corrected chi connectivity index (χ3v) is 5.83. The molecule has 34 heavy (non-hydrogen) atoms. The van der Waals surface area contributed by atoms with Crippen LogP contribution < -0.4 is 15.8 Å². The lowest BCUT2D eigenvalue weighted by Crippen LogP contribution is -2.23. The van der Waals surface area contributed by atoms with Gasteiger partial charge in [-0.1, -0.05) is 24.3 Å². The number of nitrogens with zero attached hydrogens (tertiary/aromatic N) is 4.